The van der Waals surface area contributed by atoms with Crippen molar-refractivity contribution in [2.45, 2.75) is 25.7 Å². The van der Waals surface area contributed by atoms with Crippen LogP contribution in [0.5, 0.6) is 0 Å². The number of aryl methyl sites for hydroxylation is 1. The molecule has 0 atom stereocenters. The zero-order chi connectivity index (χ0) is 11.9. The van der Waals surface area contributed by atoms with E-state index in [1.807, 2.05) is 0 Å². The van der Waals surface area contributed by atoms with Gasteiger partial charge in [-0.05, 0) is 56.0 Å². The van der Waals surface area contributed by atoms with E-state index in [2.05, 4.69) is 28.8 Å². The summed E-state index contributed by atoms with van der Waals surface area (Å²) in [6.45, 7) is 3.28. The minimum atomic E-state index is 0.275. The van der Waals surface area contributed by atoms with Gasteiger partial charge in [0, 0.05) is 18.8 Å². The molecule has 0 bridgehead atoms. The normalized spacial score (nSPS) is 14.2. The van der Waals surface area contributed by atoms with Crippen LogP contribution >= 0.6 is 0 Å². The first kappa shape index (κ1) is 12.4. The van der Waals surface area contributed by atoms with E-state index in [9.17, 15) is 0 Å². The van der Waals surface area contributed by atoms with Crippen LogP contribution in [0, 0.1) is 0 Å². The van der Waals surface area contributed by atoms with Crippen LogP contribution in [-0.2, 0) is 12.8 Å². The van der Waals surface area contributed by atoms with Crippen molar-refractivity contribution in [3.63, 3.8) is 0 Å². The Kier molecular flexibility index (Phi) is 4.83. The molecule has 0 unspecified atom stereocenters. The second-order valence-corrected chi connectivity index (χ2v) is 4.60. The van der Waals surface area contributed by atoms with Crippen LogP contribution in [0.2, 0.25) is 0 Å². The lowest BCUT2D eigenvalue weighted by Crippen LogP contribution is -2.19. The van der Waals surface area contributed by atoms with E-state index >= 15 is 0 Å². The number of rotatable bonds is 6. The van der Waals surface area contributed by atoms with Gasteiger partial charge in [0.15, 0.2) is 0 Å². The smallest absolute Gasteiger partial charge is 0.0443 e. The highest BCUT2D eigenvalue weighted by Gasteiger charge is 2.08. The Morgan fingerprint density at radius 3 is 3.12 bits per heavy atom. The molecule has 3 nitrogen and oxygen atoms in total. The summed E-state index contributed by atoms with van der Waals surface area (Å²) in [6, 6.07) is 6.75. The topological polar surface area (TPSA) is 44.3 Å². The maximum atomic E-state index is 8.67. The highest BCUT2D eigenvalue weighted by atomic mass is 16.3. The number of nitrogens with one attached hydrogen (secondary N) is 2. The fourth-order valence-electron chi connectivity index (χ4n) is 2.25. The molecule has 0 aromatic heterocycles. The molecule has 0 aliphatic carbocycles. The average Bonchev–Trinajstić information content (AvgIpc) is 2.38. The molecule has 1 aromatic carbocycles. The molecule has 1 aromatic rings. The molecule has 3 N–H and O–H groups in total. The van der Waals surface area contributed by atoms with Crippen LogP contribution in [0.15, 0.2) is 18.2 Å². The first-order chi connectivity index (χ1) is 8.40. The van der Waals surface area contributed by atoms with Gasteiger partial charge in [0.05, 0.1) is 0 Å². The monoisotopic (exact) mass is 234 g/mol. The van der Waals surface area contributed by atoms with Crippen LogP contribution in [0.3, 0.4) is 0 Å². The van der Waals surface area contributed by atoms with E-state index in [1.54, 1.807) is 0 Å². The standard InChI is InChI=1S/C14H22N2O/c17-10-2-7-15-9-6-12-4-5-14-13(11-12)3-1-8-16-14/h4-5,11,15-17H,1-3,6-10H2. The molecule has 0 spiro atoms. The van der Waals surface area contributed by atoms with Crippen molar-refractivity contribution in [1.29, 1.82) is 0 Å². The van der Waals surface area contributed by atoms with Gasteiger partial charge in [-0.3, -0.25) is 0 Å². The van der Waals surface area contributed by atoms with Crippen molar-refractivity contribution in [2.75, 3.05) is 31.6 Å². The number of fused-ring (bicyclic) bond motifs is 1. The van der Waals surface area contributed by atoms with E-state index in [-0.39, 0.29) is 6.61 Å². The van der Waals surface area contributed by atoms with Crippen molar-refractivity contribution >= 4 is 5.69 Å². The largest absolute Gasteiger partial charge is 0.396 e. The third-order valence-electron chi connectivity index (χ3n) is 3.21. The third kappa shape index (κ3) is 3.72. The van der Waals surface area contributed by atoms with E-state index in [4.69, 9.17) is 5.11 Å². The van der Waals surface area contributed by atoms with E-state index in [0.29, 0.717) is 0 Å². The Morgan fingerprint density at radius 1 is 1.29 bits per heavy atom. The lowest BCUT2D eigenvalue weighted by molar-refractivity contribution is 0.286. The van der Waals surface area contributed by atoms with Crippen LogP contribution in [0.1, 0.15) is 24.0 Å². The lowest BCUT2D eigenvalue weighted by atomic mass is 9.99. The molecule has 0 fully saturated rings. The van der Waals surface area contributed by atoms with Gasteiger partial charge in [-0.2, -0.15) is 0 Å². The molecule has 3 heteroatoms. The predicted octanol–water partition coefficient (Wildman–Crippen LogP) is 1.56. The second kappa shape index (κ2) is 6.62. The number of hydrogen-bond acceptors (Lipinski definition) is 3. The summed E-state index contributed by atoms with van der Waals surface area (Å²) in [5.74, 6) is 0. The van der Waals surface area contributed by atoms with Crippen molar-refractivity contribution in [1.82, 2.24) is 5.32 Å². The molecule has 0 saturated carbocycles. The number of aliphatic hydroxyl groups excluding tert-OH is 1. The summed E-state index contributed by atoms with van der Waals surface area (Å²) in [4.78, 5) is 0. The Bertz CT molecular complexity index is 352. The van der Waals surface area contributed by atoms with E-state index in [1.165, 1.54) is 29.7 Å². The molecular weight excluding hydrogens is 212 g/mol. The maximum Gasteiger partial charge on any atom is 0.0443 e. The predicted molar refractivity (Wildman–Crippen MR) is 71.5 cm³/mol. The fourth-order valence-corrected chi connectivity index (χ4v) is 2.25. The Morgan fingerprint density at radius 2 is 2.24 bits per heavy atom. The first-order valence-corrected chi connectivity index (χ1v) is 6.57. The molecule has 1 aliphatic heterocycles. The highest BCUT2D eigenvalue weighted by Crippen LogP contribution is 2.22. The number of aliphatic hydroxyl groups is 1. The van der Waals surface area contributed by atoms with Gasteiger partial charge in [0.2, 0.25) is 0 Å². The molecule has 0 radical (unpaired) electrons. The zero-order valence-corrected chi connectivity index (χ0v) is 10.3. The second-order valence-electron chi connectivity index (χ2n) is 4.60. The molecule has 0 amide bonds. The maximum absolute atomic E-state index is 8.67. The highest BCUT2D eigenvalue weighted by molar-refractivity contribution is 5.54. The van der Waals surface area contributed by atoms with Crippen molar-refractivity contribution in [3.8, 4) is 0 Å². The number of anilines is 1. The Labute approximate surface area is 103 Å². The fraction of sp³-hybridized carbons (Fsp3) is 0.571. The van der Waals surface area contributed by atoms with Gasteiger partial charge < -0.3 is 15.7 Å². The molecule has 17 heavy (non-hydrogen) atoms. The quantitative estimate of drug-likeness (QED) is 0.655. The van der Waals surface area contributed by atoms with Crippen LogP contribution in [-0.4, -0.2) is 31.3 Å². The van der Waals surface area contributed by atoms with E-state index < -0.39 is 0 Å². The van der Waals surface area contributed by atoms with Crippen LogP contribution in [0.25, 0.3) is 0 Å². The van der Waals surface area contributed by atoms with Gasteiger partial charge >= 0.3 is 0 Å². The lowest BCUT2D eigenvalue weighted by Gasteiger charge is -2.18. The van der Waals surface area contributed by atoms with Gasteiger partial charge in [0.25, 0.3) is 0 Å². The number of hydrogen-bond donors (Lipinski definition) is 3. The summed E-state index contributed by atoms with van der Waals surface area (Å²) >= 11 is 0. The minimum Gasteiger partial charge on any atom is -0.396 e. The average molecular weight is 234 g/mol. The summed E-state index contributed by atoms with van der Waals surface area (Å²) in [6.07, 6.45) is 4.35. The van der Waals surface area contributed by atoms with Gasteiger partial charge in [-0.1, -0.05) is 12.1 Å². The van der Waals surface area contributed by atoms with Crippen molar-refractivity contribution in [2.24, 2.45) is 0 Å². The Balaban J connectivity index is 1.81. The third-order valence-corrected chi connectivity index (χ3v) is 3.21. The van der Waals surface area contributed by atoms with Gasteiger partial charge in [-0.25, -0.2) is 0 Å². The summed E-state index contributed by atoms with van der Waals surface area (Å²) in [5, 5.41) is 15.4. The first-order valence-electron chi connectivity index (χ1n) is 6.57. The van der Waals surface area contributed by atoms with Crippen LogP contribution in [0.4, 0.5) is 5.69 Å². The molecule has 1 heterocycles. The van der Waals surface area contributed by atoms with Crippen molar-refractivity contribution in [3.05, 3.63) is 29.3 Å². The molecular formula is C14H22N2O. The minimum absolute atomic E-state index is 0.275. The molecule has 1 aliphatic rings. The van der Waals surface area contributed by atoms with Gasteiger partial charge in [0.1, 0.15) is 0 Å². The zero-order valence-electron chi connectivity index (χ0n) is 10.3. The van der Waals surface area contributed by atoms with Crippen LogP contribution < -0.4 is 10.6 Å². The molecule has 0 saturated heterocycles. The molecule has 94 valence electrons. The summed E-state index contributed by atoms with van der Waals surface area (Å²) < 4.78 is 0. The van der Waals surface area contributed by atoms with Gasteiger partial charge in [-0.15, -0.1) is 0 Å². The molecule has 2 rings (SSSR count). The summed E-state index contributed by atoms with van der Waals surface area (Å²) in [7, 11) is 0. The van der Waals surface area contributed by atoms with Crippen molar-refractivity contribution < 1.29 is 5.11 Å². The number of benzene rings is 1. The Hall–Kier alpha value is -1.06. The van der Waals surface area contributed by atoms with E-state index in [0.717, 1.165) is 32.5 Å². The SMILES string of the molecule is OCCCNCCc1ccc2c(c1)CCCN2. The summed E-state index contributed by atoms with van der Waals surface area (Å²) in [5.41, 5.74) is 4.18.